The van der Waals surface area contributed by atoms with Gasteiger partial charge in [0, 0.05) is 4.47 Å². The molecule has 1 aliphatic rings. The van der Waals surface area contributed by atoms with Crippen molar-refractivity contribution in [1.29, 1.82) is 0 Å². The Bertz CT molecular complexity index is 1880. The molecule has 46 heavy (non-hydrogen) atoms. The number of aromatic nitrogens is 1. The maximum absolute atomic E-state index is 14.1. The minimum Gasteiger partial charge on any atom is -0.493 e. The maximum atomic E-state index is 14.1. The van der Waals surface area contributed by atoms with Crippen molar-refractivity contribution < 1.29 is 47.9 Å². The van der Waals surface area contributed by atoms with Crippen molar-refractivity contribution in [3.8, 4) is 23.0 Å². The number of methoxy groups -OCH3 is 2. The minimum absolute atomic E-state index is 0.110. The number of fused-ring (bicyclic) bond motifs is 1. The Morgan fingerprint density at radius 1 is 1.00 bits per heavy atom. The molecule has 2 heterocycles. The highest BCUT2D eigenvalue weighted by atomic mass is 79.9. The highest BCUT2D eigenvalue weighted by Gasteiger charge is 2.34. The molecule has 1 N–H and O–H groups in total. The van der Waals surface area contributed by atoms with E-state index in [1.165, 1.54) is 18.8 Å². The summed E-state index contributed by atoms with van der Waals surface area (Å²) >= 11 is 4.59. The molecule has 0 amide bonds. The van der Waals surface area contributed by atoms with Crippen molar-refractivity contribution in [1.82, 2.24) is 4.57 Å². The molecule has 13 nitrogen and oxygen atoms in total. The van der Waals surface area contributed by atoms with Crippen LogP contribution in [-0.2, 0) is 23.9 Å². The van der Waals surface area contributed by atoms with Gasteiger partial charge < -0.3 is 33.5 Å². The molecule has 0 saturated carbocycles. The Labute approximate surface area is 275 Å². The van der Waals surface area contributed by atoms with Gasteiger partial charge in [0.1, 0.15) is 0 Å². The number of hydrogen-bond donors (Lipinski definition) is 1. The summed E-state index contributed by atoms with van der Waals surface area (Å²) in [7, 11) is 2.66. The zero-order chi connectivity index (χ0) is 33.5. The number of carbonyl (C=O) groups is 3. The Morgan fingerprint density at radius 3 is 2.37 bits per heavy atom. The van der Waals surface area contributed by atoms with Gasteiger partial charge in [-0.2, -0.15) is 0 Å². The molecule has 0 bridgehead atoms. The molecular weight excluding hydrogens is 688 g/mol. The fourth-order valence-electron chi connectivity index (χ4n) is 4.60. The maximum Gasteiger partial charge on any atom is 0.343 e. The van der Waals surface area contributed by atoms with Gasteiger partial charge in [0.2, 0.25) is 0 Å². The van der Waals surface area contributed by atoms with Gasteiger partial charge in [0.05, 0.1) is 49.3 Å². The summed E-state index contributed by atoms with van der Waals surface area (Å²) in [5.41, 5.74) is 1.19. The molecule has 2 aromatic carbocycles. The van der Waals surface area contributed by atoms with Gasteiger partial charge >= 0.3 is 17.9 Å². The Hall–Kier alpha value is -4.63. The predicted molar refractivity (Wildman–Crippen MR) is 169 cm³/mol. The van der Waals surface area contributed by atoms with Crippen LogP contribution in [0.25, 0.3) is 6.08 Å². The molecule has 244 valence electrons. The number of rotatable bonds is 13. The first-order chi connectivity index (χ1) is 22.0. The van der Waals surface area contributed by atoms with Gasteiger partial charge in [-0.05, 0) is 62.2 Å². The second-order valence-electron chi connectivity index (χ2n) is 9.51. The van der Waals surface area contributed by atoms with E-state index in [1.54, 1.807) is 57.2 Å². The number of carbonyl (C=O) groups excluding carboxylic acids is 2. The minimum atomic E-state index is -1.15. The van der Waals surface area contributed by atoms with Crippen LogP contribution in [0.15, 0.2) is 55.9 Å². The molecule has 1 aromatic heterocycles. The molecule has 1 atom stereocenters. The van der Waals surface area contributed by atoms with E-state index in [0.717, 1.165) is 11.3 Å². The van der Waals surface area contributed by atoms with Crippen LogP contribution in [0.2, 0.25) is 0 Å². The predicted octanol–water partition coefficient (Wildman–Crippen LogP) is 2.98. The van der Waals surface area contributed by atoms with Crippen LogP contribution in [-0.4, -0.2) is 68.2 Å². The lowest BCUT2D eigenvalue weighted by molar-refractivity contribution is -0.143. The van der Waals surface area contributed by atoms with Gasteiger partial charge in [0.15, 0.2) is 41.0 Å². The molecule has 0 aliphatic carbocycles. The summed E-state index contributed by atoms with van der Waals surface area (Å²) in [5.74, 6) is -1.31. The lowest BCUT2D eigenvalue weighted by atomic mass is 9.95. The first kappa shape index (κ1) is 34.2. The van der Waals surface area contributed by atoms with E-state index in [9.17, 15) is 19.2 Å². The van der Waals surface area contributed by atoms with Crippen molar-refractivity contribution in [3.05, 3.63) is 76.9 Å². The number of thiazole rings is 1. The Kier molecular flexibility index (Phi) is 11.2. The quantitative estimate of drug-likeness (QED) is 0.259. The van der Waals surface area contributed by atoms with Crippen molar-refractivity contribution in [3.63, 3.8) is 0 Å². The van der Waals surface area contributed by atoms with Crippen molar-refractivity contribution in [2.24, 2.45) is 4.99 Å². The van der Waals surface area contributed by atoms with E-state index in [0.29, 0.717) is 36.4 Å². The molecule has 0 spiro atoms. The summed E-state index contributed by atoms with van der Waals surface area (Å²) in [6.45, 7) is 4.62. The SMILES string of the molecule is CCOC(=O)C1=C(C)N=c2s/c(=C\c3cc(OC)c(OCC(=O)O)cc3Br)c(=O)n2[C@H]1c1ccc(OCC(=O)OC)c(OCC)c1. The van der Waals surface area contributed by atoms with E-state index in [4.69, 9.17) is 28.8 Å². The fourth-order valence-corrected chi connectivity index (χ4v) is 6.07. The number of aliphatic carboxylic acids is 1. The third-order valence-electron chi connectivity index (χ3n) is 6.59. The van der Waals surface area contributed by atoms with Crippen LogP contribution in [0.5, 0.6) is 23.0 Å². The average molecular weight is 720 g/mol. The Balaban J connectivity index is 1.89. The van der Waals surface area contributed by atoms with Gasteiger partial charge in [-0.1, -0.05) is 33.3 Å². The molecule has 0 fully saturated rings. The van der Waals surface area contributed by atoms with Crippen LogP contribution >= 0.6 is 27.3 Å². The highest BCUT2D eigenvalue weighted by Crippen LogP contribution is 2.37. The topological polar surface area (TPSA) is 161 Å². The van der Waals surface area contributed by atoms with Crippen LogP contribution in [0.3, 0.4) is 0 Å². The second-order valence-corrected chi connectivity index (χ2v) is 11.4. The van der Waals surface area contributed by atoms with Crippen molar-refractivity contribution in [2.75, 3.05) is 40.6 Å². The summed E-state index contributed by atoms with van der Waals surface area (Å²) < 4.78 is 34.4. The number of nitrogens with zero attached hydrogens (tertiary/aromatic N) is 2. The average Bonchev–Trinajstić information content (AvgIpc) is 3.33. The zero-order valence-electron chi connectivity index (χ0n) is 25.6. The zero-order valence-corrected chi connectivity index (χ0v) is 28.0. The number of carboxylic acids is 1. The van der Waals surface area contributed by atoms with E-state index in [2.05, 4.69) is 25.7 Å². The van der Waals surface area contributed by atoms with Gasteiger partial charge in [-0.15, -0.1) is 0 Å². The van der Waals surface area contributed by atoms with E-state index in [1.807, 2.05) is 0 Å². The summed E-state index contributed by atoms with van der Waals surface area (Å²) in [4.78, 5) is 55.0. The standard InChI is InChI=1S/C31H31BrN2O11S/c1-6-42-22-10-17(8-9-20(22)45-15-26(37)41-5)28-27(30(39)43-7-2)16(3)33-31-34(28)29(38)24(46-31)12-18-11-21(40-4)23(13-19(18)32)44-14-25(35)36/h8-13,28H,6-7,14-15H2,1-5H3,(H,35,36)/b24-12-/t28-/m0/s1. The van der Waals surface area contributed by atoms with Crippen molar-refractivity contribution >= 4 is 51.3 Å². The van der Waals surface area contributed by atoms with E-state index >= 15 is 0 Å². The molecular formula is C31H31BrN2O11S. The third-order valence-corrected chi connectivity index (χ3v) is 8.26. The van der Waals surface area contributed by atoms with Crippen LogP contribution in [0.1, 0.15) is 37.9 Å². The molecule has 0 radical (unpaired) electrons. The van der Waals surface area contributed by atoms with Gasteiger partial charge in [0.25, 0.3) is 5.56 Å². The summed E-state index contributed by atoms with van der Waals surface area (Å²) in [6.07, 6.45) is 1.63. The molecule has 3 aromatic rings. The molecule has 1 aliphatic heterocycles. The summed E-state index contributed by atoms with van der Waals surface area (Å²) in [6, 6.07) is 7.13. The molecule has 0 saturated heterocycles. The van der Waals surface area contributed by atoms with Crippen LogP contribution in [0.4, 0.5) is 0 Å². The normalized spacial score (nSPS) is 14.2. The number of hydrogen-bond acceptors (Lipinski definition) is 12. The van der Waals surface area contributed by atoms with Gasteiger partial charge in [-0.3, -0.25) is 9.36 Å². The number of allylic oxidation sites excluding steroid dienone is 1. The highest BCUT2D eigenvalue weighted by molar-refractivity contribution is 9.10. The first-order valence-corrected chi connectivity index (χ1v) is 15.5. The number of esters is 2. The summed E-state index contributed by atoms with van der Waals surface area (Å²) in [5, 5.41) is 8.99. The molecule has 0 unspecified atom stereocenters. The second kappa shape index (κ2) is 15.1. The number of benzene rings is 2. The lowest BCUT2D eigenvalue weighted by Gasteiger charge is -2.25. The first-order valence-electron chi connectivity index (χ1n) is 13.9. The van der Waals surface area contributed by atoms with Crippen LogP contribution < -0.4 is 33.8 Å². The fraction of sp³-hybridized carbons (Fsp3) is 0.323. The molecule has 4 rings (SSSR count). The largest absolute Gasteiger partial charge is 0.493 e. The smallest absolute Gasteiger partial charge is 0.343 e. The lowest BCUT2D eigenvalue weighted by Crippen LogP contribution is -2.40. The number of ether oxygens (including phenoxy) is 6. The van der Waals surface area contributed by atoms with Crippen molar-refractivity contribution in [2.45, 2.75) is 26.8 Å². The van der Waals surface area contributed by atoms with E-state index in [-0.39, 0.29) is 42.6 Å². The molecule has 15 heteroatoms. The van der Waals surface area contributed by atoms with E-state index < -0.39 is 36.1 Å². The monoisotopic (exact) mass is 718 g/mol. The number of carboxylic acid groups (broad SMARTS) is 1. The third kappa shape index (κ3) is 7.42. The number of halogens is 1. The Morgan fingerprint density at radius 2 is 1.72 bits per heavy atom. The van der Waals surface area contributed by atoms with Crippen LogP contribution in [0, 0.1) is 0 Å². The van der Waals surface area contributed by atoms with Gasteiger partial charge in [-0.25, -0.2) is 19.4 Å².